The lowest BCUT2D eigenvalue weighted by Gasteiger charge is -2.31. The van der Waals surface area contributed by atoms with Gasteiger partial charge in [0, 0.05) is 33.2 Å². The van der Waals surface area contributed by atoms with E-state index in [1.807, 2.05) is 18.2 Å². The van der Waals surface area contributed by atoms with Crippen LogP contribution < -0.4 is 10.6 Å². The Morgan fingerprint density at radius 3 is 2.33 bits per heavy atom. The third-order valence-corrected chi connectivity index (χ3v) is 7.63. The van der Waals surface area contributed by atoms with Crippen molar-refractivity contribution >= 4 is 16.0 Å². The van der Waals surface area contributed by atoms with E-state index in [-0.39, 0.29) is 24.4 Å². The molecule has 0 radical (unpaired) electrons. The first kappa shape index (κ1) is 22.9. The van der Waals surface area contributed by atoms with Gasteiger partial charge in [0.15, 0.2) is 5.96 Å². The van der Waals surface area contributed by atoms with E-state index in [1.54, 1.807) is 7.05 Å². The highest BCUT2D eigenvalue weighted by Crippen LogP contribution is 2.47. The SMILES string of the molecule is CN=C(NCC1CCN(S(=O)(=O)C(F)(F)F)CC1)NCC1(Cc2ccccc2)CC1. The normalized spacial score (nSPS) is 20.7. The van der Waals surface area contributed by atoms with Crippen LogP contribution in [-0.4, -0.2) is 57.4 Å². The van der Waals surface area contributed by atoms with E-state index in [0.29, 0.717) is 29.7 Å². The van der Waals surface area contributed by atoms with Crippen LogP contribution in [0.15, 0.2) is 35.3 Å². The number of aliphatic imine (C=N–C) groups is 1. The molecule has 30 heavy (non-hydrogen) atoms. The van der Waals surface area contributed by atoms with E-state index >= 15 is 0 Å². The molecule has 168 valence electrons. The fraction of sp³-hybridized carbons (Fsp3) is 0.650. The molecule has 0 spiro atoms. The standard InChI is InChI=1S/C20H29F3N4O2S/c1-24-18(26-15-19(9-10-19)13-16-5-3-2-4-6-16)25-14-17-7-11-27(12-8-17)30(28,29)20(21,22)23/h2-6,17H,7-15H2,1H3,(H2,24,25,26). The number of alkyl halides is 3. The molecule has 2 fully saturated rings. The fourth-order valence-corrected chi connectivity index (χ4v) is 4.84. The van der Waals surface area contributed by atoms with E-state index in [2.05, 4.69) is 27.8 Å². The Balaban J connectivity index is 1.41. The summed E-state index contributed by atoms with van der Waals surface area (Å²) >= 11 is 0. The molecular weight excluding hydrogens is 417 g/mol. The summed E-state index contributed by atoms with van der Waals surface area (Å²) in [6, 6.07) is 10.4. The second-order valence-corrected chi connectivity index (χ2v) is 10.2. The molecule has 1 heterocycles. The van der Waals surface area contributed by atoms with Crippen LogP contribution in [0.4, 0.5) is 13.2 Å². The van der Waals surface area contributed by atoms with Crippen LogP contribution in [0.25, 0.3) is 0 Å². The Bertz CT molecular complexity index is 831. The van der Waals surface area contributed by atoms with Gasteiger partial charge in [-0.3, -0.25) is 4.99 Å². The first-order chi connectivity index (χ1) is 14.2. The highest BCUT2D eigenvalue weighted by molar-refractivity contribution is 7.90. The number of sulfonamides is 1. The molecule has 1 saturated carbocycles. The monoisotopic (exact) mass is 446 g/mol. The molecule has 2 N–H and O–H groups in total. The second kappa shape index (κ2) is 9.13. The molecule has 1 aliphatic heterocycles. The lowest BCUT2D eigenvalue weighted by Crippen LogP contribution is -2.47. The Kier molecular flexibility index (Phi) is 6.96. The zero-order chi connectivity index (χ0) is 21.8. The summed E-state index contributed by atoms with van der Waals surface area (Å²) in [5.74, 6) is 0.766. The van der Waals surface area contributed by atoms with E-state index in [1.165, 1.54) is 5.56 Å². The average molecular weight is 447 g/mol. The molecule has 1 aliphatic carbocycles. The first-order valence-corrected chi connectivity index (χ1v) is 11.6. The summed E-state index contributed by atoms with van der Waals surface area (Å²) in [4.78, 5) is 4.24. The van der Waals surface area contributed by atoms with Crippen LogP contribution in [0.1, 0.15) is 31.2 Å². The van der Waals surface area contributed by atoms with Gasteiger partial charge in [0.2, 0.25) is 0 Å². The van der Waals surface area contributed by atoms with Gasteiger partial charge in [-0.15, -0.1) is 0 Å². The van der Waals surface area contributed by atoms with Crippen molar-refractivity contribution < 1.29 is 21.6 Å². The Morgan fingerprint density at radius 2 is 1.80 bits per heavy atom. The van der Waals surface area contributed by atoms with Gasteiger partial charge < -0.3 is 10.6 Å². The predicted molar refractivity (Wildman–Crippen MR) is 110 cm³/mol. The van der Waals surface area contributed by atoms with Crippen molar-refractivity contribution in [2.75, 3.05) is 33.2 Å². The maximum atomic E-state index is 12.7. The highest BCUT2D eigenvalue weighted by Gasteiger charge is 2.50. The van der Waals surface area contributed by atoms with Gasteiger partial charge in [-0.1, -0.05) is 30.3 Å². The number of guanidine groups is 1. The van der Waals surface area contributed by atoms with Crippen LogP contribution in [0.5, 0.6) is 0 Å². The average Bonchev–Trinajstić information content (AvgIpc) is 3.48. The van der Waals surface area contributed by atoms with Gasteiger partial charge in [-0.25, -0.2) is 8.42 Å². The molecule has 0 unspecified atom stereocenters. The van der Waals surface area contributed by atoms with Gasteiger partial charge in [-0.05, 0) is 49.0 Å². The number of nitrogens with zero attached hydrogens (tertiary/aromatic N) is 2. The van der Waals surface area contributed by atoms with Crippen molar-refractivity contribution in [2.24, 2.45) is 16.3 Å². The van der Waals surface area contributed by atoms with E-state index in [0.717, 1.165) is 25.8 Å². The quantitative estimate of drug-likeness (QED) is 0.499. The predicted octanol–water partition coefficient (Wildman–Crippen LogP) is 2.74. The van der Waals surface area contributed by atoms with Gasteiger partial charge in [0.25, 0.3) is 0 Å². The second-order valence-electron chi connectivity index (χ2n) is 8.26. The largest absolute Gasteiger partial charge is 0.511 e. The van der Waals surface area contributed by atoms with Crippen molar-refractivity contribution in [1.82, 2.24) is 14.9 Å². The highest BCUT2D eigenvalue weighted by atomic mass is 32.2. The molecule has 3 rings (SSSR count). The Hall–Kier alpha value is -1.81. The summed E-state index contributed by atoms with van der Waals surface area (Å²) in [7, 11) is -3.54. The Morgan fingerprint density at radius 1 is 1.17 bits per heavy atom. The molecular formula is C20H29F3N4O2S. The number of hydrogen-bond donors (Lipinski definition) is 2. The van der Waals surface area contributed by atoms with Gasteiger partial charge >= 0.3 is 15.5 Å². The van der Waals surface area contributed by atoms with Gasteiger partial charge in [0.1, 0.15) is 0 Å². The van der Waals surface area contributed by atoms with Crippen LogP contribution in [0, 0.1) is 11.3 Å². The Labute approximate surface area is 176 Å². The number of nitrogens with one attached hydrogen (secondary N) is 2. The lowest BCUT2D eigenvalue weighted by atomic mass is 9.96. The summed E-state index contributed by atoms with van der Waals surface area (Å²) < 4.78 is 61.6. The maximum Gasteiger partial charge on any atom is 0.511 e. The topological polar surface area (TPSA) is 73.8 Å². The van der Waals surface area contributed by atoms with Gasteiger partial charge in [0.05, 0.1) is 0 Å². The zero-order valence-corrected chi connectivity index (χ0v) is 17.9. The minimum atomic E-state index is -5.23. The van der Waals surface area contributed by atoms with E-state index in [9.17, 15) is 21.6 Å². The molecule has 0 aromatic heterocycles. The molecule has 0 amide bonds. The summed E-state index contributed by atoms with van der Waals surface area (Å²) in [6.07, 6.45) is 4.12. The van der Waals surface area contributed by atoms with Crippen LogP contribution in [0.2, 0.25) is 0 Å². The molecule has 2 aliphatic rings. The van der Waals surface area contributed by atoms with Crippen LogP contribution in [-0.2, 0) is 16.4 Å². The number of benzene rings is 1. The van der Waals surface area contributed by atoms with Crippen molar-refractivity contribution in [2.45, 2.75) is 37.6 Å². The number of piperidine rings is 1. The van der Waals surface area contributed by atoms with Crippen molar-refractivity contribution in [3.63, 3.8) is 0 Å². The van der Waals surface area contributed by atoms with Crippen LogP contribution >= 0.6 is 0 Å². The van der Waals surface area contributed by atoms with Crippen molar-refractivity contribution in [1.29, 1.82) is 0 Å². The molecule has 6 nitrogen and oxygen atoms in total. The molecule has 1 aromatic rings. The molecule has 0 bridgehead atoms. The number of rotatable bonds is 7. The summed E-state index contributed by atoms with van der Waals surface area (Å²) in [5, 5.41) is 6.60. The molecule has 1 saturated heterocycles. The maximum absolute atomic E-state index is 12.7. The number of hydrogen-bond acceptors (Lipinski definition) is 3. The van der Waals surface area contributed by atoms with Crippen molar-refractivity contribution in [3.05, 3.63) is 35.9 Å². The molecule has 10 heteroatoms. The molecule has 0 atom stereocenters. The smallest absolute Gasteiger partial charge is 0.356 e. The third-order valence-electron chi connectivity index (χ3n) is 6.00. The third kappa shape index (κ3) is 5.66. The first-order valence-electron chi connectivity index (χ1n) is 10.2. The van der Waals surface area contributed by atoms with Gasteiger partial charge in [-0.2, -0.15) is 17.5 Å². The van der Waals surface area contributed by atoms with E-state index in [4.69, 9.17) is 0 Å². The fourth-order valence-electron chi connectivity index (χ4n) is 3.85. The zero-order valence-electron chi connectivity index (χ0n) is 17.1. The number of halogens is 3. The van der Waals surface area contributed by atoms with Crippen LogP contribution in [0.3, 0.4) is 0 Å². The summed E-state index contributed by atoms with van der Waals surface area (Å²) in [5.41, 5.74) is -3.67. The lowest BCUT2D eigenvalue weighted by molar-refractivity contribution is -0.0496. The minimum Gasteiger partial charge on any atom is -0.356 e. The summed E-state index contributed by atoms with van der Waals surface area (Å²) in [6.45, 7) is 1.13. The minimum absolute atomic E-state index is 0.0995. The molecule has 1 aromatic carbocycles. The van der Waals surface area contributed by atoms with Crippen molar-refractivity contribution in [3.8, 4) is 0 Å². The van der Waals surface area contributed by atoms with E-state index < -0.39 is 15.5 Å².